The average molecular weight is 400 g/mol. The van der Waals surface area contributed by atoms with Crippen LogP contribution in [0.1, 0.15) is 11.8 Å². The van der Waals surface area contributed by atoms with Crippen LogP contribution in [0.25, 0.3) is 0 Å². The van der Waals surface area contributed by atoms with Crippen molar-refractivity contribution < 1.29 is 18.7 Å². The van der Waals surface area contributed by atoms with E-state index in [0.717, 1.165) is 31.9 Å². The maximum atomic E-state index is 12.1. The van der Waals surface area contributed by atoms with Gasteiger partial charge < -0.3 is 24.7 Å². The SMILES string of the molecule is COCCNC(=O)C(=O)NC[C@H](c1ccco1)N1CCN(c2ccccc2)CC1. The second kappa shape index (κ2) is 10.6. The molecule has 29 heavy (non-hydrogen) atoms. The molecule has 1 aliphatic heterocycles. The van der Waals surface area contributed by atoms with Crippen molar-refractivity contribution in [3.8, 4) is 0 Å². The van der Waals surface area contributed by atoms with Crippen LogP contribution in [0, 0.1) is 0 Å². The minimum absolute atomic E-state index is 0.126. The van der Waals surface area contributed by atoms with E-state index >= 15 is 0 Å². The van der Waals surface area contributed by atoms with Gasteiger partial charge in [0.15, 0.2) is 0 Å². The monoisotopic (exact) mass is 400 g/mol. The summed E-state index contributed by atoms with van der Waals surface area (Å²) in [5.41, 5.74) is 1.21. The molecular formula is C21H28N4O4. The number of anilines is 1. The van der Waals surface area contributed by atoms with Gasteiger partial charge in [0.1, 0.15) is 5.76 Å². The largest absolute Gasteiger partial charge is 0.468 e. The number of nitrogens with one attached hydrogen (secondary N) is 2. The zero-order valence-electron chi connectivity index (χ0n) is 16.7. The van der Waals surface area contributed by atoms with Crippen LogP contribution in [0.3, 0.4) is 0 Å². The van der Waals surface area contributed by atoms with Crippen molar-refractivity contribution in [2.24, 2.45) is 0 Å². The molecule has 1 saturated heterocycles. The summed E-state index contributed by atoms with van der Waals surface area (Å²) in [5, 5.41) is 5.26. The second-order valence-corrected chi connectivity index (χ2v) is 6.85. The molecule has 0 saturated carbocycles. The summed E-state index contributed by atoms with van der Waals surface area (Å²) in [5.74, 6) is -0.534. The number of methoxy groups -OCH3 is 1. The molecule has 1 aromatic carbocycles. The maximum Gasteiger partial charge on any atom is 0.309 e. The molecule has 1 fully saturated rings. The van der Waals surface area contributed by atoms with Crippen molar-refractivity contribution in [2.45, 2.75) is 6.04 Å². The van der Waals surface area contributed by atoms with E-state index in [1.807, 2.05) is 30.3 Å². The van der Waals surface area contributed by atoms with Crippen LogP contribution in [0.2, 0.25) is 0 Å². The summed E-state index contributed by atoms with van der Waals surface area (Å²) in [6.07, 6.45) is 1.63. The highest BCUT2D eigenvalue weighted by molar-refractivity contribution is 6.35. The van der Waals surface area contributed by atoms with Gasteiger partial charge in [-0.1, -0.05) is 18.2 Å². The van der Waals surface area contributed by atoms with Crippen LogP contribution in [0.5, 0.6) is 0 Å². The molecule has 0 spiro atoms. The normalized spacial score (nSPS) is 15.7. The van der Waals surface area contributed by atoms with E-state index in [9.17, 15) is 9.59 Å². The molecule has 2 aromatic rings. The van der Waals surface area contributed by atoms with Crippen molar-refractivity contribution in [2.75, 3.05) is 57.9 Å². The van der Waals surface area contributed by atoms with E-state index in [4.69, 9.17) is 9.15 Å². The van der Waals surface area contributed by atoms with Crippen molar-refractivity contribution in [3.63, 3.8) is 0 Å². The second-order valence-electron chi connectivity index (χ2n) is 6.85. The van der Waals surface area contributed by atoms with Gasteiger partial charge in [-0.3, -0.25) is 14.5 Å². The Balaban J connectivity index is 1.56. The fourth-order valence-electron chi connectivity index (χ4n) is 3.44. The van der Waals surface area contributed by atoms with E-state index in [1.165, 1.54) is 12.8 Å². The molecule has 8 heteroatoms. The number of para-hydroxylation sites is 1. The van der Waals surface area contributed by atoms with Crippen LogP contribution in [-0.2, 0) is 14.3 Å². The highest BCUT2D eigenvalue weighted by atomic mass is 16.5. The van der Waals surface area contributed by atoms with Gasteiger partial charge in [-0.2, -0.15) is 0 Å². The predicted molar refractivity (Wildman–Crippen MR) is 110 cm³/mol. The Morgan fingerprint density at radius 3 is 2.41 bits per heavy atom. The minimum atomic E-state index is -0.658. The summed E-state index contributed by atoms with van der Waals surface area (Å²) in [4.78, 5) is 28.6. The lowest BCUT2D eigenvalue weighted by molar-refractivity contribution is -0.139. The van der Waals surface area contributed by atoms with E-state index in [0.29, 0.717) is 19.7 Å². The molecule has 0 bridgehead atoms. The lowest BCUT2D eigenvalue weighted by Crippen LogP contribution is -2.50. The number of furan rings is 1. The fraction of sp³-hybridized carbons (Fsp3) is 0.429. The van der Waals surface area contributed by atoms with Gasteiger partial charge in [0.2, 0.25) is 0 Å². The maximum absolute atomic E-state index is 12.1. The molecular weight excluding hydrogens is 372 g/mol. The number of benzene rings is 1. The highest BCUT2D eigenvalue weighted by Gasteiger charge is 2.28. The van der Waals surface area contributed by atoms with E-state index < -0.39 is 11.8 Å². The molecule has 2 amide bonds. The number of ether oxygens (including phenoxy) is 1. The zero-order chi connectivity index (χ0) is 20.5. The average Bonchev–Trinajstić information content (AvgIpc) is 3.29. The van der Waals surface area contributed by atoms with E-state index in [-0.39, 0.29) is 6.04 Å². The van der Waals surface area contributed by atoms with Crippen LogP contribution >= 0.6 is 0 Å². The number of carbonyl (C=O) groups excluding carboxylic acids is 2. The first-order chi connectivity index (χ1) is 14.2. The van der Waals surface area contributed by atoms with Crippen molar-refractivity contribution >= 4 is 17.5 Å². The number of hydrogen-bond acceptors (Lipinski definition) is 6. The van der Waals surface area contributed by atoms with Gasteiger partial charge in [-0.15, -0.1) is 0 Å². The Morgan fingerprint density at radius 1 is 1.03 bits per heavy atom. The Morgan fingerprint density at radius 2 is 1.76 bits per heavy atom. The number of carbonyl (C=O) groups is 2. The molecule has 8 nitrogen and oxygen atoms in total. The topological polar surface area (TPSA) is 87.0 Å². The Bertz CT molecular complexity index is 758. The molecule has 156 valence electrons. The first kappa shape index (κ1) is 20.9. The molecule has 0 radical (unpaired) electrons. The van der Waals surface area contributed by atoms with Crippen molar-refractivity contribution in [1.82, 2.24) is 15.5 Å². The fourth-order valence-corrected chi connectivity index (χ4v) is 3.44. The van der Waals surface area contributed by atoms with Crippen LogP contribution < -0.4 is 15.5 Å². The van der Waals surface area contributed by atoms with Crippen LogP contribution in [-0.4, -0.2) is 69.7 Å². The Kier molecular flexibility index (Phi) is 7.66. The number of hydrogen-bond donors (Lipinski definition) is 2. The lowest BCUT2D eigenvalue weighted by Gasteiger charge is -2.39. The van der Waals surface area contributed by atoms with Gasteiger partial charge in [0.25, 0.3) is 0 Å². The number of piperazine rings is 1. The van der Waals surface area contributed by atoms with E-state index in [1.54, 1.807) is 6.26 Å². The molecule has 2 N–H and O–H groups in total. The highest BCUT2D eigenvalue weighted by Crippen LogP contribution is 2.24. The Hall–Kier alpha value is -2.84. The summed E-state index contributed by atoms with van der Waals surface area (Å²) in [6.45, 7) is 4.38. The molecule has 2 heterocycles. The first-order valence-corrected chi connectivity index (χ1v) is 9.81. The lowest BCUT2D eigenvalue weighted by atomic mass is 10.1. The standard InChI is InChI=1S/C21H28N4O4/c1-28-15-9-22-20(26)21(27)23-16-18(19-8-5-14-29-19)25-12-10-24(11-13-25)17-6-3-2-4-7-17/h2-8,14,18H,9-13,15-16H2,1H3,(H,22,26)(H,23,27)/t18-/m1/s1. The molecule has 3 rings (SSSR count). The van der Waals surface area contributed by atoms with Gasteiger partial charge in [-0.05, 0) is 24.3 Å². The minimum Gasteiger partial charge on any atom is -0.468 e. The molecule has 0 unspecified atom stereocenters. The summed E-state index contributed by atoms with van der Waals surface area (Å²) >= 11 is 0. The van der Waals surface area contributed by atoms with Gasteiger partial charge in [-0.25, -0.2) is 0 Å². The molecule has 0 aliphatic carbocycles. The first-order valence-electron chi connectivity index (χ1n) is 9.81. The van der Waals surface area contributed by atoms with Gasteiger partial charge in [0, 0.05) is 52.1 Å². The third kappa shape index (κ3) is 5.82. The molecule has 1 atom stereocenters. The molecule has 1 aromatic heterocycles. The van der Waals surface area contributed by atoms with Crippen LogP contribution in [0.4, 0.5) is 5.69 Å². The van der Waals surface area contributed by atoms with Gasteiger partial charge >= 0.3 is 11.8 Å². The smallest absolute Gasteiger partial charge is 0.309 e. The third-order valence-corrected chi connectivity index (χ3v) is 5.00. The van der Waals surface area contributed by atoms with Crippen molar-refractivity contribution in [1.29, 1.82) is 0 Å². The van der Waals surface area contributed by atoms with Gasteiger partial charge in [0.05, 0.1) is 18.9 Å². The number of amides is 2. The number of rotatable bonds is 8. The summed E-state index contributed by atoms with van der Waals surface area (Å²) in [7, 11) is 1.54. The number of nitrogens with zero attached hydrogens (tertiary/aromatic N) is 2. The zero-order valence-corrected chi connectivity index (χ0v) is 16.7. The van der Waals surface area contributed by atoms with Crippen molar-refractivity contribution in [3.05, 3.63) is 54.5 Å². The summed E-state index contributed by atoms with van der Waals surface area (Å²) in [6, 6.07) is 13.9. The third-order valence-electron chi connectivity index (χ3n) is 5.00. The van der Waals surface area contributed by atoms with Crippen LogP contribution in [0.15, 0.2) is 53.1 Å². The predicted octanol–water partition coefficient (Wildman–Crippen LogP) is 1.02. The Labute approximate surface area is 170 Å². The molecule has 1 aliphatic rings. The summed E-state index contributed by atoms with van der Waals surface area (Å²) < 4.78 is 10.5. The van der Waals surface area contributed by atoms with E-state index in [2.05, 4.69) is 32.6 Å². The quantitative estimate of drug-likeness (QED) is 0.508.